The van der Waals surface area contributed by atoms with Gasteiger partial charge in [0.2, 0.25) is 5.91 Å². The molecule has 1 aliphatic rings. The molecule has 0 aliphatic carbocycles. The number of rotatable bonds is 1. The molecule has 0 unspecified atom stereocenters. The molecule has 5 nitrogen and oxygen atoms in total. The first-order valence-corrected chi connectivity index (χ1v) is 4.35. The van der Waals surface area contributed by atoms with Crippen molar-refractivity contribution in [2.75, 3.05) is 19.6 Å². The van der Waals surface area contributed by atoms with Gasteiger partial charge in [0.1, 0.15) is 6.10 Å². The maximum absolute atomic E-state index is 11.3. The van der Waals surface area contributed by atoms with Crippen molar-refractivity contribution in [3.63, 3.8) is 0 Å². The van der Waals surface area contributed by atoms with Crippen molar-refractivity contribution in [1.29, 1.82) is 0 Å². The van der Waals surface area contributed by atoms with E-state index in [4.69, 9.17) is 5.11 Å². The summed E-state index contributed by atoms with van der Waals surface area (Å²) in [4.78, 5) is 23.7. The summed E-state index contributed by atoms with van der Waals surface area (Å²) in [5, 5.41) is 11.7. The Balaban J connectivity index is 2.57. The molecule has 1 saturated heterocycles. The van der Waals surface area contributed by atoms with Crippen LogP contribution in [0.4, 0.5) is 0 Å². The topological polar surface area (TPSA) is 69.6 Å². The van der Waals surface area contributed by atoms with E-state index in [0.29, 0.717) is 13.1 Å². The molecule has 0 saturated carbocycles. The molecule has 0 aromatic carbocycles. The van der Waals surface area contributed by atoms with Crippen molar-refractivity contribution in [3.8, 4) is 0 Å². The molecular weight excluding hydrogens is 172 g/mol. The van der Waals surface area contributed by atoms with Gasteiger partial charge in [0.15, 0.2) is 0 Å². The van der Waals surface area contributed by atoms with Gasteiger partial charge in [0.05, 0.1) is 6.54 Å². The molecule has 2 amide bonds. The number of carbonyl (C=O) groups is 2. The summed E-state index contributed by atoms with van der Waals surface area (Å²) < 4.78 is 0. The molecule has 2 N–H and O–H groups in total. The van der Waals surface area contributed by atoms with E-state index < -0.39 is 6.10 Å². The number of hydrogen-bond acceptors (Lipinski definition) is 3. The van der Waals surface area contributed by atoms with Crippen LogP contribution >= 0.6 is 0 Å². The van der Waals surface area contributed by atoms with Gasteiger partial charge in [-0.2, -0.15) is 0 Å². The minimum atomic E-state index is -1.02. The second-order valence-corrected chi connectivity index (χ2v) is 3.14. The Kier molecular flexibility index (Phi) is 3.25. The molecule has 1 rings (SSSR count). The highest BCUT2D eigenvalue weighted by molar-refractivity contribution is 5.86. The first kappa shape index (κ1) is 9.98. The highest BCUT2D eigenvalue weighted by atomic mass is 16.3. The summed E-state index contributed by atoms with van der Waals surface area (Å²) in [5.41, 5.74) is 0. The van der Waals surface area contributed by atoms with Crippen LogP contribution < -0.4 is 5.32 Å². The predicted octanol–water partition coefficient (Wildman–Crippen LogP) is -1.28. The minimum absolute atomic E-state index is 0.0593. The first-order valence-electron chi connectivity index (χ1n) is 4.35. The van der Waals surface area contributed by atoms with Crippen molar-refractivity contribution in [2.45, 2.75) is 19.4 Å². The van der Waals surface area contributed by atoms with E-state index in [1.807, 2.05) is 0 Å². The molecule has 13 heavy (non-hydrogen) atoms. The Bertz CT molecular complexity index is 215. The van der Waals surface area contributed by atoms with Crippen LogP contribution in [-0.2, 0) is 9.59 Å². The van der Waals surface area contributed by atoms with Crippen molar-refractivity contribution < 1.29 is 14.7 Å². The summed E-state index contributed by atoms with van der Waals surface area (Å²) in [6.45, 7) is 2.60. The largest absolute Gasteiger partial charge is 0.384 e. The fourth-order valence-corrected chi connectivity index (χ4v) is 1.26. The van der Waals surface area contributed by atoms with E-state index in [2.05, 4.69) is 5.32 Å². The smallest absolute Gasteiger partial charge is 0.251 e. The highest BCUT2D eigenvalue weighted by Crippen LogP contribution is 1.99. The van der Waals surface area contributed by atoms with Crippen LogP contribution in [-0.4, -0.2) is 47.6 Å². The Morgan fingerprint density at radius 2 is 2.38 bits per heavy atom. The lowest BCUT2D eigenvalue weighted by Crippen LogP contribution is -2.41. The van der Waals surface area contributed by atoms with Crippen molar-refractivity contribution in [3.05, 3.63) is 0 Å². The maximum Gasteiger partial charge on any atom is 0.251 e. The fraction of sp³-hybridized carbons (Fsp3) is 0.750. The van der Waals surface area contributed by atoms with Crippen LogP contribution in [0.15, 0.2) is 0 Å². The van der Waals surface area contributed by atoms with E-state index in [-0.39, 0.29) is 18.4 Å². The van der Waals surface area contributed by atoms with Gasteiger partial charge >= 0.3 is 0 Å². The number of aliphatic hydroxyl groups excluding tert-OH is 1. The normalized spacial score (nSPS) is 20.5. The van der Waals surface area contributed by atoms with Crippen LogP contribution in [0.25, 0.3) is 0 Å². The lowest BCUT2D eigenvalue weighted by molar-refractivity contribution is -0.141. The quantitative estimate of drug-likeness (QED) is 0.535. The van der Waals surface area contributed by atoms with Crippen LogP contribution in [0.1, 0.15) is 13.3 Å². The van der Waals surface area contributed by atoms with Gasteiger partial charge in [-0.25, -0.2) is 0 Å². The molecule has 0 radical (unpaired) electrons. The lowest BCUT2D eigenvalue weighted by atomic mass is 10.3. The van der Waals surface area contributed by atoms with Gasteiger partial charge in [-0.1, -0.05) is 0 Å². The SMILES string of the molecule is C[C@@H](O)C(=O)N1CCCNC(=O)C1. The van der Waals surface area contributed by atoms with Gasteiger partial charge in [0.25, 0.3) is 5.91 Å². The van der Waals surface area contributed by atoms with Gasteiger partial charge in [-0.05, 0) is 13.3 Å². The van der Waals surface area contributed by atoms with Gasteiger partial charge < -0.3 is 15.3 Å². The van der Waals surface area contributed by atoms with E-state index in [9.17, 15) is 9.59 Å². The summed E-state index contributed by atoms with van der Waals surface area (Å²) in [6.07, 6.45) is -0.282. The monoisotopic (exact) mass is 186 g/mol. The second-order valence-electron chi connectivity index (χ2n) is 3.14. The van der Waals surface area contributed by atoms with E-state index >= 15 is 0 Å². The molecule has 1 fully saturated rings. The summed E-state index contributed by atoms with van der Waals surface area (Å²) in [7, 11) is 0. The lowest BCUT2D eigenvalue weighted by Gasteiger charge is -2.20. The maximum atomic E-state index is 11.3. The number of carbonyl (C=O) groups excluding carboxylic acids is 2. The molecule has 0 bridgehead atoms. The first-order chi connectivity index (χ1) is 6.11. The predicted molar refractivity (Wildman–Crippen MR) is 45.9 cm³/mol. The molecule has 1 aliphatic heterocycles. The van der Waals surface area contributed by atoms with Crippen molar-refractivity contribution in [2.24, 2.45) is 0 Å². The third kappa shape index (κ3) is 2.69. The molecular formula is C8H14N2O3. The van der Waals surface area contributed by atoms with Crippen LogP contribution in [0.2, 0.25) is 0 Å². The average Bonchev–Trinajstić information content (AvgIpc) is 2.28. The highest BCUT2D eigenvalue weighted by Gasteiger charge is 2.22. The summed E-state index contributed by atoms with van der Waals surface area (Å²) in [5.74, 6) is -0.538. The van der Waals surface area contributed by atoms with E-state index in [1.165, 1.54) is 11.8 Å². The fourth-order valence-electron chi connectivity index (χ4n) is 1.26. The zero-order valence-corrected chi connectivity index (χ0v) is 7.62. The molecule has 0 aromatic rings. The number of nitrogens with zero attached hydrogens (tertiary/aromatic N) is 1. The van der Waals surface area contributed by atoms with Gasteiger partial charge in [-0.3, -0.25) is 9.59 Å². The van der Waals surface area contributed by atoms with Crippen LogP contribution in [0, 0.1) is 0 Å². The second kappa shape index (κ2) is 4.23. The minimum Gasteiger partial charge on any atom is -0.384 e. The summed E-state index contributed by atoms with van der Waals surface area (Å²) in [6, 6.07) is 0. The standard InChI is InChI=1S/C8H14N2O3/c1-6(11)8(13)10-4-2-3-9-7(12)5-10/h6,11H,2-5H2,1H3,(H,9,12)/t6-/m1/s1. The Morgan fingerprint density at radius 3 is 3.00 bits per heavy atom. The van der Waals surface area contributed by atoms with Gasteiger partial charge in [-0.15, -0.1) is 0 Å². The van der Waals surface area contributed by atoms with Gasteiger partial charge in [0, 0.05) is 13.1 Å². The number of nitrogens with one attached hydrogen (secondary N) is 1. The molecule has 74 valence electrons. The molecule has 0 spiro atoms. The van der Waals surface area contributed by atoms with Crippen molar-refractivity contribution in [1.82, 2.24) is 10.2 Å². The molecule has 1 heterocycles. The molecule has 5 heteroatoms. The Hall–Kier alpha value is -1.10. The third-order valence-corrected chi connectivity index (χ3v) is 1.93. The zero-order valence-electron chi connectivity index (χ0n) is 7.62. The van der Waals surface area contributed by atoms with Crippen LogP contribution in [0.5, 0.6) is 0 Å². The van der Waals surface area contributed by atoms with Crippen molar-refractivity contribution >= 4 is 11.8 Å². The van der Waals surface area contributed by atoms with E-state index in [0.717, 1.165) is 6.42 Å². The summed E-state index contributed by atoms with van der Waals surface area (Å²) >= 11 is 0. The Morgan fingerprint density at radius 1 is 1.69 bits per heavy atom. The zero-order chi connectivity index (χ0) is 9.84. The number of aliphatic hydroxyl groups is 1. The third-order valence-electron chi connectivity index (χ3n) is 1.93. The molecule has 0 aromatic heterocycles. The Labute approximate surface area is 76.7 Å². The van der Waals surface area contributed by atoms with E-state index in [1.54, 1.807) is 0 Å². The molecule has 1 atom stereocenters. The number of hydrogen-bond donors (Lipinski definition) is 2. The van der Waals surface area contributed by atoms with Crippen LogP contribution in [0.3, 0.4) is 0 Å². The number of amides is 2. The average molecular weight is 186 g/mol.